The van der Waals surface area contributed by atoms with Crippen molar-refractivity contribution in [2.24, 2.45) is 0 Å². The van der Waals surface area contributed by atoms with Gasteiger partial charge in [0.25, 0.3) is 0 Å². The molecule has 146 valence electrons. The van der Waals surface area contributed by atoms with E-state index in [-0.39, 0.29) is 0 Å². The number of nitrogens with zero attached hydrogens (tertiary/aromatic N) is 3. The Hall–Kier alpha value is -2.64. The first-order valence-electron chi connectivity index (χ1n) is 9.30. The van der Waals surface area contributed by atoms with Gasteiger partial charge in [-0.3, -0.25) is 5.10 Å². The summed E-state index contributed by atoms with van der Waals surface area (Å²) in [6.45, 7) is 4.27. The lowest BCUT2D eigenvalue weighted by Crippen LogP contribution is -2.44. The number of sulfone groups is 1. The van der Waals surface area contributed by atoms with Crippen LogP contribution in [0.1, 0.15) is 0 Å². The van der Waals surface area contributed by atoms with Gasteiger partial charge >= 0.3 is 0 Å². The van der Waals surface area contributed by atoms with E-state index in [0.29, 0.717) is 4.90 Å². The first-order valence-corrected chi connectivity index (χ1v) is 11.2. The number of aromatic amines is 1. The van der Waals surface area contributed by atoms with Gasteiger partial charge in [0.15, 0.2) is 9.84 Å². The Morgan fingerprint density at radius 1 is 0.893 bits per heavy atom. The molecule has 0 atom stereocenters. The van der Waals surface area contributed by atoms with E-state index in [1.54, 1.807) is 24.3 Å². The summed E-state index contributed by atoms with van der Waals surface area (Å²) in [4.78, 5) is 5.07. The van der Waals surface area contributed by atoms with Crippen LogP contribution < -0.4 is 4.90 Å². The van der Waals surface area contributed by atoms with Crippen LogP contribution in [0.25, 0.3) is 22.5 Å². The van der Waals surface area contributed by atoms with E-state index < -0.39 is 9.84 Å². The fourth-order valence-corrected chi connectivity index (χ4v) is 4.04. The van der Waals surface area contributed by atoms with E-state index >= 15 is 0 Å². The van der Waals surface area contributed by atoms with Crippen LogP contribution in [0.5, 0.6) is 0 Å². The van der Waals surface area contributed by atoms with Gasteiger partial charge < -0.3 is 9.80 Å². The minimum absolute atomic E-state index is 0.315. The standard InChI is InChI=1S/C21H24N4O2S/c1-24-11-13-25(14-12-24)18-7-3-16(4-8-18)20-15-21(23-22-20)17-5-9-19(10-6-17)28(2,26)27/h3-10,15H,11-14H2,1-2H3,(H,22,23). The van der Waals surface area contributed by atoms with Crippen LogP contribution in [-0.4, -0.2) is 63.0 Å². The lowest BCUT2D eigenvalue weighted by Gasteiger charge is -2.34. The molecule has 4 rings (SSSR count). The largest absolute Gasteiger partial charge is 0.369 e. The molecule has 1 saturated heterocycles. The van der Waals surface area contributed by atoms with E-state index in [4.69, 9.17) is 0 Å². The van der Waals surface area contributed by atoms with Crippen LogP contribution in [0.4, 0.5) is 5.69 Å². The Balaban J connectivity index is 1.51. The maximum atomic E-state index is 11.6. The molecule has 1 fully saturated rings. The minimum atomic E-state index is -3.19. The van der Waals surface area contributed by atoms with Crippen molar-refractivity contribution in [3.05, 3.63) is 54.6 Å². The van der Waals surface area contributed by atoms with Crippen molar-refractivity contribution in [3.63, 3.8) is 0 Å². The lowest BCUT2D eigenvalue weighted by atomic mass is 10.1. The summed E-state index contributed by atoms with van der Waals surface area (Å²) in [5.74, 6) is 0. The molecule has 1 aromatic heterocycles. The second-order valence-corrected chi connectivity index (χ2v) is 9.32. The molecule has 7 heteroatoms. The number of nitrogens with one attached hydrogen (secondary N) is 1. The molecular formula is C21H24N4O2S. The third-order valence-electron chi connectivity index (χ3n) is 5.20. The number of anilines is 1. The second-order valence-electron chi connectivity index (χ2n) is 7.30. The highest BCUT2D eigenvalue weighted by Gasteiger charge is 2.14. The van der Waals surface area contributed by atoms with Crippen molar-refractivity contribution in [1.82, 2.24) is 15.1 Å². The highest BCUT2D eigenvalue weighted by atomic mass is 32.2. The topological polar surface area (TPSA) is 69.3 Å². The van der Waals surface area contributed by atoms with Gasteiger partial charge in [0.1, 0.15) is 0 Å². The summed E-state index contributed by atoms with van der Waals surface area (Å²) >= 11 is 0. The van der Waals surface area contributed by atoms with Crippen molar-refractivity contribution < 1.29 is 8.42 Å². The predicted octanol–water partition coefficient (Wildman–Crippen LogP) is 2.90. The van der Waals surface area contributed by atoms with Gasteiger partial charge in [-0.05, 0) is 42.9 Å². The summed E-state index contributed by atoms with van der Waals surface area (Å²) in [6.07, 6.45) is 1.21. The van der Waals surface area contributed by atoms with Crippen LogP contribution in [0.15, 0.2) is 59.5 Å². The zero-order chi connectivity index (χ0) is 19.7. The number of hydrogen-bond donors (Lipinski definition) is 1. The molecule has 1 aliphatic heterocycles. The SMILES string of the molecule is CN1CCN(c2ccc(-c3cc(-c4ccc(S(C)(=O)=O)cc4)[nH]n3)cc2)CC1. The van der Waals surface area contributed by atoms with E-state index in [0.717, 1.165) is 48.7 Å². The Morgan fingerprint density at radius 2 is 1.50 bits per heavy atom. The average Bonchev–Trinajstić information content (AvgIpc) is 3.18. The minimum Gasteiger partial charge on any atom is -0.369 e. The first-order chi connectivity index (χ1) is 13.4. The smallest absolute Gasteiger partial charge is 0.175 e. The molecule has 0 aliphatic carbocycles. The Labute approximate surface area is 165 Å². The van der Waals surface area contributed by atoms with E-state index in [9.17, 15) is 8.42 Å². The molecule has 0 saturated carbocycles. The number of benzene rings is 2. The molecule has 28 heavy (non-hydrogen) atoms. The Kier molecular flexibility index (Phi) is 4.95. The van der Waals surface area contributed by atoms with Crippen molar-refractivity contribution >= 4 is 15.5 Å². The van der Waals surface area contributed by atoms with Crippen molar-refractivity contribution in [1.29, 1.82) is 0 Å². The molecule has 0 unspecified atom stereocenters. The van der Waals surface area contributed by atoms with E-state index in [2.05, 4.69) is 51.3 Å². The maximum Gasteiger partial charge on any atom is 0.175 e. The predicted molar refractivity (Wildman–Crippen MR) is 112 cm³/mol. The van der Waals surface area contributed by atoms with Crippen LogP contribution in [-0.2, 0) is 9.84 Å². The monoisotopic (exact) mass is 396 g/mol. The molecule has 3 aromatic rings. The molecular weight excluding hydrogens is 372 g/mol. The summed E-state index contributed by atoms with van der Waals surface area (Å²) in [6, 6.07) is 17.3. The molecule has 1 aliphatic rings. The van der Waals surface area contributed by atoms with Gasteiger partial charge in [-0.1, -0.05) is 24.3 Å². The van der Waals surface area contributed by atoms with Gasteiger partial charge in [-0.25, -0.2) is 8.42 Å². The van der Waals surface area contributed by atoms with Crippen molar-refractivity contribution in [2.75, 3.05) is 44.4 Å². The number of likely N-dealkylation sites (N-methyl/N-ethyl adjacent to an activating group) is 1. The summed E-state index contributed by atoms with van der Waals surface area (Å²) in [5.41, 5.74) is 4.92. The zero-order valence-corrected chi connectivity index (χ0v) is 16.9. The number of H-pyrrole nitrogens is 1. The van der Waals surface area contributed by atoms with Crippen LogP contribution >= 0.6 is 0 Å². The number of rotatable bonds is 4. The van der Waals surface area contributed by atoms with Crippen molar-refractivity contribution in [2.45, 2.75) is 4.90 Å². The lowest BCUT2D eigenvalue weighted by molar-refractivity contribution is 0.313. The maximum absolute atomic E-state index is 11.6. The third kappa shape index (κ3) is 3.95. The van der Waals surface area contributed by atoms with E-state index in [1.165, 1.54) is 11.9 Å². The van der Waals surface area contributed by atoms with Crippen LogP contribution in [0.3, 0.4) is 0 Å². The van der Waals surface area contributed by atoms with Crippen LogP contribution in [0, 0.1) is 0 Å². The third-order valence-corrected chi connectivity index (χ3v) is 6.33. The highest BCUT2D eigenvalue weighted by molar-refractivity contribution is 7.90. The van der Waals surface area contributed by atoms with Crippen molar-refractivity contribution in [3.8, 4) is 22.5 Å². The van der Waals surface area contributed by atoms with Crippen LogP contribution in [0.2, 0.25) is 0 Å². The molecule has 0 bridgehead atoms. The van der Waals surface area contributed by atoms with Gasteiger partial charge in [-0.2, -0.15) is 5.10 Å². The Morgan fingerprint density at radius 3 is 2.11 bits per heavy atom. The fraction of sp³-hybridized carbons (Fsp3) is 0.286. The first kappa shape index (κ1) is 18.7. The highest BCUT2D eigenvalue weighted by Crippen LogP contribution is 2.27. The molecule has 1 N–H and O–H groups in total. The molecule has 0 amide bonds. The molecule has 2 aromatic carbocycles. The molecule has 6 nitrogen and oxygen atoms in total. The quantitative estimate of drug-likeness (QED) is 0.734. The second kappa shape index (κ2) is 7.41. The summed E-state index contributed by atoms with van der Waals surface area (Å²) in [7, 11) is -1.03. The molecule has 2 heterocycles. The number of aromatic nitrogens is 2. The molecule has 0 spiro atoms. The number of hydrogen-bond acceptors (Lipinski definition) is 5. The molecule has 0 radical (unpaired) electrons. The average molecular weight is 397 g/mol. The van der Waals surface area contributed by atoms with E-state index in [1.807, 2.05) is 6.07 Å². The summed E-state index contributed by atoms with van der Waals surface area (Å²) in [5, 5.41) is 7.47. The fourth-order valence-electron chi connectivity index (χ4n) is 3.41. The zero-order valence-electron chi connectivity index (χ0n) is 16.1. The van der Waals surface area contributed by atoms with Gasteiger partial charge in [-0.15, -0.1) is 0 Å². The van der Waals surface area contributed by atoms with Gasteiger partial charge in [0.05, 0.1) is 16.3 Å². The normalized spacial score (nSPS) is 15.7. The Bertz CT molecular complexity index is 1050. The number of piperazine rings is 1. The summed E-state index contributed by atoms with van der Waals surface area (Å²) < 4.78 is 23.2. The van der Waals surface area contributed by atoms with Gasteiger partial charge in [0, 0.05) is 43.7 Å². The van der Waals surface area contributed by atoms with Gasteiger partial charge in [0.2, 0.25) is 0 Å².